The third kappa shape index (κ3) is 2.51. The highest BCUT2D eigenvalue weighted by atomic mass is 16.2. The van der Waals surface area contributed by atoms with E-state index in [0.29, 0.717) is 12.4 Å². The summed E-state index contributed by atoms with van der Waals surface area (Å²) in [5.41, 5.74) is 7.33. The van der Waals surface area contributed by atoms with E-state index in [1.54, 1.807) is 6.08 Å². The minimum atomic E-state index is -0.597. The van der Waals surface area contributed by atoms with Crippen LogP contribution in [0.2, 0.25) is 0 Å². The molecule has 1 heterocycles. The molecule has 5 nitrogen and oxygen atoms in total. The molecule has 17 heavy (non-hydrogen) atoms. The average molecular weight is 230 g/mol. The maximum absolute atomic E-state index is 11.6. The average Bonchev–Trinajstić information content (AvgIpc) is 2.71. The molecule has 0 saturated carbocycles. The number of anilines is 1. The standard InChI is InChI=1S/C12H14N4O/c1-2-5-8(13)11(17)16-12-14-9-6-3-4-7-10(9)15-12/h2-4,6-8H,1,5,13H2,(H2,14,15,16,17). The largest absolute Gasteiger partial charge is 0.324 e. The van der Waals surface area contributed by atoms with Gasteiger partial charge in [-0.15, -0.1) is 6.58 Å². The van der Waals surface area contributed by atoms with E-state index in [0.717, 1.165) is 11.0 Å². The maximum atomic E-state index is 11.6. The molecule has 1 unspecified atom stereocenters. The first-order valence-corrected chi connectivity index (χ1v) is 5.33. The van der Waals surface area contributed by atoms with Crippen LogP contribution in [-0.4, -0.2) is 21.9 Å². The van der Waals surface area contributed by atoms with Crippen molar-refractivity contribution in [3.8, 4) is 0 Å². The quantitative estimate of drug-likeness (QED) is 0.694. The van der Waals surface area contributed by atoms with E-state index in [2.05, 4.69) is 21.9 Å². The Kier molecular flexibility index (Phi) is 3.20. The number of aromatic amines is 1. The smallest absolute Gasteiger partial charge is 0.243 e. The van der Waals surface area contributed by atoms with Gasteiger partial charge in [-0.1, -0.05) is 18.2 Å². The lowest BCUT2D eigenvalue weighted by Crippen LogP contribution is -2.35. The van der Waals surface area contributed by atoms with Crippen LogP contribution in [0, 0.1) is 0 Å². The van der Waals surface area contributed by atoms with E-state index in [1.807, 2.05) is 24.3 Å². The van der Waals surface area contributed by atoms with E-state index in [4.69, 9.17) is 5.73 Å². The van der Waals surface area contributed by atoms with Gasteiger partial charge in [0.25, 0.3) is 0 Å². The number of hydrogen-bond acceptors (Lipinski definition) is 3. The maximum Gasteiger partial charge on any atom is 0.243 e. The predicted molar refractivity (Wildman–Crippen MR) is 67.5 cm³/mol. The zero-order chi connectivity index (χ0) is 12.3. The number of benzene rings is 1. The van der Waals surface area contributed by atoms with Crippen molar-refractivity contribution in [2.45, 2.75) is 12.5 Å². The summed E-state index contributed by atoms with van der Waals surface area (Å²) < 4.78 is 0. The molecule has 1 aromatic heterocycles. The van der Waals surface area contributed by atoms with Gasteiger partial charge in [0, 0.05) is 0 Å². The van der Waals surface area contributed by atoms with Crippen molar-refractivity contribution in [1.29, 1.82) is 0 Å². The molecule has 5 heteroatoms. The summed E-state index contributed by atoms with van der Waals surface area (Å²) in [6.07, 6.45) is 2.05. The number of para-hydroxylation sites is 2. The normalized spacial score (nSPS) is 12.3. The lowest BCUT2D eigenvalue weighted by molar-refractivity contribution is -0.117. The SMILES string of the molecule is C=CCC(N)C(=O)Nc1nc2ccccc2[nH]1. The number of aromatic nitrogens is 2. The van der Waals surface area contributed by atoms with Crippen LogP contribution in [0.5, 0.6) is 0 Å². The summed E-state index contributed by atoms with van der Waals surface area (Å²) in [4.78, 5) is 18.9. The highest BCUT2D eigenvalue weighted by Gasteiger charge is 2.13. The first-order valence-electron chi connectivity index (χ1n) is 5.33. The molecule has 0 saturated heterocycles. The summed E-state index contributed by atoms with van der Waals surface area (Å²) >= 11 is 0. The zero-order valence-corrected chi connectivity index (χ0v) is 9.31. The van der Waals surface area contributed by atoms with Gasteiger partial charge in [0.1, 0.15) is 0 Å². The molecule has 1 atom stereocenters. The molecule has 2 rings (SSSR count). The molecule has 2 aromatic rings. The fourth-order valence-electron chi connectivity index (χ4n) is 1.51. The molecular weight excluding hydrogens is 216 g/mol. The van der Waals surface area contributed by atoms with Crippen LogP contribution < -0.4 is 11.1 Å². The molecule has 0 fully saturated rings. The third-order valence-electron chi connectivity index (χ3n) is 2.39. The number of carbonyl (C=O) groups excluding carboxylic acids is 1. The Balaban J connectivity index is 2.13. The molecule has 0 radical (unpaired) electrons. The molecule has 4 N–H and O–H groups in total. The second-order valence-corrected chi connectivity index (χ2v) is 3.72. The lowest BCUT2D eigenvalue weighted by atomic mass is 10.2. The minimum Gasteiger partial charge on any atom is -0.324 e. The Hall–Kier alpha value is -2.14. The van der Waals surface area contributed by atoms with Gasteiger partial charge >= 0.3 is 0 Å². The van der Waals surface area contributed by atoms with Crippen molar-refractivity contribution in [1.82, 2.24) is 9.97 Å². The third-order valence-corrected chi connectivity index (χ3v) is 2.39. The second kappa shape index (κ2) is 4.80. The molecule has 88 valence electrons. The van der Waals surface area contributed by atoms with Crippen molar-refractivity contribution < 1.29 is 4.79 Å². The molecule has 0 aliphatic rings. The van der Waals surface area contributed by atoms with Gasteiger partial charge in [-0.05, 0) is 18.6 Å². The predicted octanol–water partition coefficient (Wildman–Crippen LogP) is 1.40. The number of amides is 1. The zero-order valence-electron chi connectivity index (χ0n) is 9.31. The van der Waals surface area contributed by atoms with Crippen molar-refractivity contribution in [3.63, 3.8) is 0 Å². The first-order chi connectivity index (χ1) is 8.20. The van der Waals surface area contributed by atoms with Gasteiger partial charge in [0.05, 0.1) is 17.1 Å². The van der Waals surface area contributed by atoms with Crippen LogP contribution in [0.25, 0.3) is 11.0 Å². The Bertz CT molecular complexity index is 513. The summed E-state index contributed by atoms with van der Waals surface area (Å²) in [6, 6.07) is 6.95. The van der Waals surface area contributed by atoms with Crippen LogP contribution in [0.4, 0.5) is 5.95 Å². The summed E-state index contributed by atoms with van der Waals surface area (Å²) in [5.74, 6) is 0.139. The van der Waals surface area contributed by atoms with E-state index >= 15 is 0 Å². The summed E-state index contributed by atoms with van der Waals surface area (Å²) in [7, 11) is 0. The lowest BCUT2D eigenvalue weighted by Gasteiger charge is -2.07. The Labute approximate surface area is 98.7 Å². The number of hydrogen-bond donors (Lipinski definition) is 3. The highest BCUT2D eigenvalue weighted by molar-refractivity contribution is 5.94. The van der Waals surface area contributed by atoms with Crippen LogP contribution in [0.3, 0.4) is 0 Å². The summed E-state index contributed by atoms with van der Waals surface area (Å²) in [6.45, 7) is 3.54. The van der Waals surface area contributed by atoms with Gasteiger partial charge in [-0.2, -0.15) is 0 Å². The fourth-order valence-corrected chi connectivity index (χ4v) is 1.51. The number of carbonyl (C=O) groups is 1. The number of fused-ring (bicyclic) bond motifs is 1. The van der Waals surface area contributed by atoms with Crippen LogP contribution in [-0.2, 0) is 4.79 Å². The number of H-pyrrole nitrogens is 1. The first kappa shape index (κ1) is 11.3. The molecule has 1 amide bonds. The topological polar surface area (TPSA) is 83.8 Å². The number of nitrogens with two attached hydrogens (primary N) is 1. The Morgan fingerprint density at radius 2 is 2.35 bits per heavy atom. The Morgan fingerprint density at radius 1 is 1.59 bits per heavy atom. The van der Waals surface area contributed by atoms with Gasteiger partial charge in [0.2, 0.25) is 11.9 Å². The second-order valence-electron chi connectivity index (χ2n) is 3.72. The molecular formula is C12H14N4O. The summed E-state index contributed by atoms with van der Waals surface area (Å²) in [5, 5.41) is 2.64. The number of nitrogens with zero attached hydrogens (tertiary/aromatic N) is 1. The van der Waals surface area contributed by atoms with E-state index < -0.39 is 6.04 Å². The minimum absolute atomic E-state index is 0.274. The van der Waals surface area contributed by atoms with Crippen molar-refractivity contribution in [2.24, 2.45) is 5.73 Å². The van der Waals surface area contributed by atoms with E-state index in [-0.39, 0.29) is 5.91 Å². The van der Waals surface area contributed by atoms with Crippen LogP contribution in [0.1, 0.15) is 6.42 Å². The molecule has 0 spiro atoms. The number of imidazole rings is 1. The van der Waals surface area contributed by atoms with Gasteiger partial charge in [0.15, 0.2) is 0 Å². The molecule has 0 bridgehead atoms. The van der Waals surface area contributed by atoms with Gasteiger partial charge < -0.3 is 10.7 Å². The van der Waals surface area contributed by atoms with Crippen molar-refractivity contribution in [3.05, 3.63) is 36.9 Å². The fraction of sp³-hybridized carbons (Fsp3) is 0.167. The van der Waals surface area contributed by atoms with Gasteiger partial charge in [-0.3, -0.25) is 10.1 Å². The van der Waals surface area contributed by atoms with Gasteiger partial charge in [-0.25, -0.2) is 4.98 Å². The molecule has 0 aliphatic carbocycles. The number of rotatable bonds is 4. The monoisotopic (exact) mass is 230 g/mol. The number of nitrogens with one attached hydrogen (secondary N) is 2. The van der Waals surface area contributed by atoms with Crippen LogP contribution in [0.15, 0.2) is 36.9 Å². The van der Waals surface area contributed by atoms with E-state index in [9.17, 15) is 4.79 Å². The van der Waals surface area contributed by atoms with Crippen LogP contribution >= 0.6 is 0 Å². The van der Waals surface area contributed by atoms with Crippen molar-refractivity contribution >= 4 is 22.9 Å². The van der Waals surface area contributed by atoms with E-state index in [1.165, 1.54) is 0 Å². The Morgan fingerprint density at radius 3 is 3.06 bits per heavy atom. The van der Waals surface area contributed by atoms with Crippen molar-refractivity contribution in [2.75, 3.05) is 5.32 Å². The molecule has 0 aliphatic heterocycles. The molecule has 1 aromatic carbocycles. The highest BCUT2D eigenvalue weighted by Crippen LogP contribution is 2.13.